The maximum Gasteiger partial charge on any atom is 0.286 e. The number of hydrogen-bond donors (Lipinski definition) is 2. The van der Waals surface area contributed by atoms with Gasteiger partial charge in [0.25, 0.3) is 11.8 Å². The standard InChI is InChI=1S/C19H18N4O4/c1-23-9-8-19(26,18(23)25)7-6-12-4-3-5-13(10-12)14-11-15(27-2)22-17(21-14)16(20)24/h3-5,10-11,26H,8-9H2,1-2H3,(H2,20,24)/t19-/m0/s1. The van der Waals surface area contributed by atoms with E-state index >= 15 is 0 Å². The summed E-state index contributed by atoms with van der Waals surface area (Å²) in [4.78, 5) is 32.9. The van der Waals surface area contributed by atoms with Crippen molar-refractivity contribution in [2.75, 3.05) is 20.7 Å². The number of likely N-dealkylation sites (tertiary alicyclic amines) is 1. The van der Waals surface area contributed by atoms with Crippen molar-refractivity contribution in [1.29, 1.82) is 0 Å². The number of methoxy groups -OCH3 is 1. The lowest BCUT2D eigenvalue weighted by molar-refractivity contribution is -0.137. The molecule has 27 heavy (non-hydrogen) atoms. The SMILES string of the molecule is COc1cc(-c2cccc(C#C[C@]3(O)CCN(C)C3=O)c2)nc(C(N)=O)n1. The lowest BCUT2D eigenvalue weighted by atomic mass is 10.0. The summed E-state index contributed by atoms with van der Waals surface area (Å²) in [7, 11) is 3.05. The second-order valence-corrected chi connectivity index (χ2v) is 6.15. The molecule has 8 nitrogen and oxygen atoms in total. The fourth-order valence-corrected chi connectivity index (χ4v) is 2.69. The lowest BCUT2D eigenvalue weighted by Crippen LogP contribution is -2.37. The highest BCUT2D eigenvalue weighted by Crippen LogP contribution is 2.23. The van der Waals surface area contributed by atoms with E-state index in [0.29, 0.717) is 23.4 Å². The van der Waals surface area contributed by atoms with Crippen LogP contribution >= 0.6 is 0 Å². The fourth-order valence-electron chi connectivity index (χ4n) is 2.69. The molecule has 1 atom stereocenters. The van der Waals surface area contributed by atoms with Crippen LogP contribution in [0.4, 0.5) is 0 Å². The number of likely N-dealkylation sites (N-methyl/N-ethyl adjacent to an activating group) is 1. The molecule has 2 aromatic rings. The van der Waals surface area contributed by atoms with Crippen molar-refractivity contribution in [1.82, 2.24) is 14.9 Å². The number of carbonyl (C=O) groups is 2. The highest BCUT2D eigenvalue weighted by molar-refractivity contribution is 5.90. The van der Waals surface area contributed by atoms with Crippen molar-refractivity contribution < 1.29 is 19.4 Å². The van der Waals surface area contributed by atoms with Gasteiger partial charge in [-0.1, -0.05) is 24.0 Å². The van der Waals surface area contributed by atoms with E-state index in [1.54, 1.807) is 37.4 Å². The van der Waals surface area contributed by atoms with Crippen LogP contribution in [0.3, 0.4) is 0 Å². The van der Waals surface area contributed by atoms with Gasteiger partial charge in [-0.2, -0.15) is 4.98 Å². The maximum absolute atomic E-state index is 12.0. The molecule has 138 valence electrons. The third-order valence-corrected chi connectivity index (χ3v) is 4.21. The van der Waals surface area contributed by atoms with E-state index in [-0.39, 0.29) is 18.1 Å². The normalized spacial score (nSPS) is 18.8. The molecule has 0 radical (unpaired) electrons. The molecule has 2 amide bonds. The van der Waals surface area contributed by atoms with Gasteiger partial charge in [0.1, 0.15) is 0 Å². The first kappa shape index (κ1) is 18.4. The van der Waals surface area contributed by atoms with Gasteiger partial charge in [0.05, 0.1) is 12.8 Å². The van der Waals surface area contributed by atoms with Gasteiger partial charge in [-0.05, 0) is 12.1 Å². The minimum absolute atomic E-state index is 0.158. The van der Waals surface area contributed by atoms with Crippen LogP contribution in [0.2, 0.25) is 0 Å². The number of ether oxygens (including phenoxy) is 1. The van der Waals surface area contributed by atoms with Gasteiger partial charge in [0.15, 0.2) is 0 Å². The topological polar surface area (TPSA) is 119 Å². The van der Waals surface area contributed by atoms with Gasteiger partial charge >= 0.3 is 0 Å². The molecule has 1 aromatic heterocycles. The summed E-state index contributed by atoms with van der Waals surface area (Å²) in [5, 5.41) is 10.4. The van der Waals surface area contributed by atoms with Crippen LogP contribution in [0.25, 0.3) is 11.3 Å². The molecule has 2 heterocycles. The Hall–Kier alpha value is -3.44. The molecular weight excluding hydrogens is 348 g/mol. The van der Waals surface area contributed by atoms with E-state index in [2.05, 4.69) is 21.8 Å². The minimum atomic E-state index is -1.66. The Bertz CT molecular complexity index is 979. The van der Waals surface area contributed by atoms with Gasteiger partial charge in [-0.3, -0.25) is 9.59 Å². The summed E-state index contributed by atoms with van der Waals surface area (Å²) in [5.74, 6) is 4.39. The monoisotopic (exact) mass is 366 g/mol. The molecule has 1 aliphatic rings. The highest BCUT2D eigenvalue weighted by Gasteiger charge is 2.42. The zero-order valence-corrected chi connectivity index (χ0v) is 14.9. The van der Waals surface area contributed by atoms with E-state index in [9.17, 15) is 14.7 Å². The summed E-state index contributed by atoms with van der Waals surface area (Å²) < 4.78 is 5.09. The summed E-state index contributed by atoms with van der Waals surface area (Å²) in [5.41, 5.74) is 5.28. The molecule has 0 unspecified atom stereocenters. The summed E-state index contributed by atoms with van der Waals surface area (Å²) in [6, 6.07) is 8.58. The second-order valence-electron chi connectivity index (χ2n) is 6.15. The maximum atomic E-state index is 12.0. The van der Waals surface area contributed by atoms with Crippen LogP contribution in [0.15, 0.2) is 30.3 Å². The third kappa shape index (κ3) is 3.73. The third-order valence-electron chi connectivity index (χ3n) is 4.21. The van der Waals surface area contributed by atoms with Crippen molar-refractivity contribution in [3.8, 4) is 29.0 Å². The first-order valence-electron chi connectivity index (χ1n) is 8.17. The molecule has 1 saturated heterocycles. The van der Waals surface area contributed by atoms with Crippen LogP contribution in [0, 0.1) is 11.8 Å². The predicted octanol–water partition coefficient (Wildman–Crippen LogP) is 0.196. The molecule has 0 aliphatic carbocycles. The van der Waals surface area contributed by atoms with Crippen LogP contribution in [-0.4, -0.2) is 58.1 Å². The van der Waals surface area contributed by atoms with E-state index in [4.69, 9.17) is 10.5 Å². The van der Waals surface area contributed by atoms with E-state index < -0.39 is 17.4 Å². The number of nitrogens with zero attached hydrogens (tertiary/aromatic N) is 3. The van der Waals surface area contributed by atoms with Gasteiger partial charge in [-0.15, -0.1) is 0 Å². The van der Waals surface area contributed by atoms with Crippen molar-refractivity contribution in [2.24, 2.45) is 5.73 Å². The fraction of sp³-hybridized carbons (Fsp3) is 0.263. The number of rotatable bonds is 3. The first-order valence-corrected chi connectivity index (χ1v) is 8.17. The molecule has 1 aromatic carbocycles. The van der Waals surface area contributed by atoms with Crippen molar-refractivity contribution in [3.05, 3.63) is 41.7 Å². The zero-order valence-electron chi connectivity index (χ0n) is 14.9. The van der Waals surface area contributed by atoms with Crippen molar-refractivity contribution in [3.63, 3.8) is 0 Å². The Morgan fingerprint density at radius 3 is 2.78 bits per heavy atom. The summed E-state index contributed by atoms with van der Waals surface area (Å²) >= 11 is 0. The number of primary amides is 1. The molecule has 1 aliphatic heterocycles. The number of benzene rings is 1. The van der Waals surface area contributed by atoms with Crippen LogP contribution in [0.5, 0.6) is 5.88 Å². The molecular formula is C19H18N4O4. The molecule has 3 rings (SSSR count). The summed E-state index contributed by atoms with van der Waals surface area (Å²) in [6.07, 6.45) is 0.264. The molecule has 0 spiro atoms. The highest BCUT2D eigenvalue weighted by atomic mass is 16.5. The Kier molecular flexibility index (Phi) is 4.79. The van der Waals surface area contributed by atoms with Crippen LogP contribution < -0.4 is 10.5 Å². The Morgan fingerprint density at radius 2 is 2.15 bits per heavy atom. The number of hydrogen-bond acceptors (Lipinski definition) is 6. The quantitative estimate of drug-likeness (QED) is 0.749. The van der Waals surface area contributed by atoms with Crippen LogP contribution in [0.1, 0.15) is 22.6 Å². The minimum Gasteiger partial charge on any atom is -0.481 e. The second kappa shape index (κ2) is 7.05. The van der Waals surface area contributed by atoms with E-state index in [1.165, 1.54) is 12.0 Å². The van der Waals surface area contributed by atoms with Gasteiger partial charge < -0.3 is 20.5 Å². The lowest BCUT2D eigenvalue weighted by Gasteiger charge is -2.13. The molecule has 0 saturated carbocycles. The van der Waals surface area contributed by atoms with E-state index in [0.717, 1.165) is 0 Å². The average Bonchev–Trinajstić information content (AvgIpc) is 2.94. The van der Waals surface area contributed by atoms with Crippen molar-refractivity contribution in [2.45, 2.75) is 12.0 Å². The largest absolute Gasteiger partial charge is 0.481 e. The van der Waals surface area contributed by atoms with Gasteiger partial charge in [0, 0.05) is 37.2 Å². The molecule has 0 bridgehead atoms. The number of aromatic nitrogens is 2. The predicted molar refractivity (Wildman–Crippen MR) is 96.6 cm³/mol. The average molecular weight is 366 g/mol. The Morgan fingerprint density at radius 1 is 1.37 bits per heavy atom. The number of carbonyl (C=O) groups excluding carboxylic acids is 2. The first-order chi connectivity index (χ1) is 12.8. The van der Waals surface area contributed by atoms with Gasteiger partial charge in [-0.25, -0.2) is 4.98 Å². The summed E-state index contributed by atoms with van der Waals surface area (Å²) in [6.45, 7) is 0.459. The van der Waals surface area contributed by atoms with Crippen molar-refractivity contribution >= 4 is 11.8 Å². The van der Waals surface area contributed by atoms with Crippen LogP contribution in [-0.2, 0) is 4.79 Å². The molecule has 8 heteroatoms. The van der Waals surface area contributed by atoms with E-state index in [1.807, 2.05) is 0 Å². The zero-order chi connectivity index (χ0) is 19.6. The van der Waals surface area contributed by atoms with Gasteiger partial charge in [0.2, 0.25) is 17.3 Å². The smallest absolute Gasteiger partial charge is 0.286 e. The Balaban J connectivity index is 1.96. The molecule has 1 fully saturated rings. The Labute approximate surface area is 156 Å². The molecule has 3 N–H and O–H groups in total. The number of aliphatic hydroxyl groups is 1. The number of amides is 2. The number of nitrogens with two attached hydrogens (primary N) is 1.